The van der Waals surface area contributed by atoms with Gasteiger partial charge in [0.15, 0.2) is 5.60 Å². The van der Waals surface area contributed by atoms with E-state index in [4.69, 9.17) is 4.74 Å². The summed E-state index contributed by atoms with van der Waals surface area (Å²) in [5.41, 5.74) is -0.787. The van der Waals surface area contributed by atoms with Crippen LogP contribution in [0.1, 0.15) is 17.3 Å². The number of carbonyl (C=O) groups is 2. The molecule has 0 heterocycles. The van der Waals surface area contributed by atoms with Gasteiger partial charge < -0.3 is 10.1 Å². The Kier molecular flexibility index (Phi) is 4.69. The van der Waals surface area contributed by atoms with Crippen LogP contribution in [0.25, 0.3) is 0 Å². The average Bonchev–Trinajstić information content (AvgIpc) is 2.38. The molecule has 0 aliphatic rings. The molecule has 1 rings (SSSR count). The molecular formula is C12H14BrNO3. The Morgan fingerprint density at radius 2 is 1.94 bits per heavy atom. The Labute approximate surface area is 108 Å². The number of ether oxygens (including phenoxy) is 1. The molecule has 0 aliphatic carbocycles. The van der Waals surface area contributed by atoms with Gasteiger partial charge >= 0.3 is 5.97 Å². The van der Waals surface area contributed by atoms with E-state index in [1.165, 1.54) is 7.05 Å². The first kappa shape index (κ1) is 13.7. The van der Waals surface area contributed by atoms with E-state index in [1.54, 1.807) is 37.3 Å². The van der Waals surface area contributed by atoms with Crippen molar-refractivity contribution in [2.45, 2.75) is 12.5 Å². The van der Waals surface area contributed by atoms with E-state index < -0.39 is 11.6 Å². The summed E-state index contributed by atoms with van der Waals surface area (Å²) < 4.78 is 5.23. The average molecular weight is 300 g/mol. The highest BCUT2D eigenvalue weighted by atomic mass is 79.9. The van der Waals surface area contributed by atoms with Gasteiger partial charge in [0.05, 0.1) is 10.9 Å². The quantitative estimate of drug-likeness (QED) is 0.681. The molecule has 1 aromatic rings. The number of esters is 1. The van der Waals surface area contributed by atoms with E-state index in [0.717, 1.165) is 0 Å². The van der Waals surface area contributed by atoms with Gasteiger partial charge in [-0.2, -0.15) is 0 Å². The van der Waals surface area contributed by atoms with Gasteiger partial charge in [-0.05, 0) is 19.1 Å². The van der Waals surface area contributed by atoms with E-state index >= 15 is 0 Å². The van der Waals surface area contributed by atoms with Crippen LogP contribution in [-0.4, -0.2) is 29.9 Å². The lowest BCUT2D eigenvalue weighted by Gasteiger charge is -2.25. The molecule has 0 fully saturated rings. The van der Waals surface area contributed by atoms with Gasteiger partial charge in [0.2, 0.25) is 0 Å². The monoisotopic (exact) mass is 299 g/mol. The van der Waals surface area contributed by atoms with E-state index in [1.807, 2.05) is 0 Å². The number of rotatable bonds is 4. The number of nitrogens with one attached hydrogen (secondary N) is 1. The maximum atomic E-state index is 11.8. The predicted octanol–water partition coefficient (Wildman–Crippen LogP) is 1.74. The van der Waals surface area contributed by atoms with Gasteiger partial charge in [-0.1, -0.05) is 34.1 Å². The molecule has 92 valence electrons. The summed E-state index contributed by atoms with van der Waals surface area (Å²) >= 11 is 3.18. The molecule has 5 heteroatoms. The molecule has 0 radical (unpaired) electrons. The molecule has 4 nitrogen and oxygen atoms in total. The van der Waals surface area contributed by atoms with Crippen molar-refractivity contribution in [2.75, 3.05) is 12.4 Å². The van der Waals surface area contributed by atoms with Gasteiger partial charge in [-0.3, -0.25) is 4.79 Å². The molecule has 1 aromatic carbocycles. The van der Waals surface area contributed by atoms with Crippen molar-refractivity contribution >= 4 is 27.8 Å². The van der Waals surface area contributed by atoms with Gasteiger partial charge in [-0.25, -0.2) is 4.79 Å². The van der Waals surface area contributed by atoms with Crippen LogP contribution in [0.3, 0.4) is 0 Å². The van der Waals surface area contributed by atoms with Crippen LogP contribution >= 0.6 is 15.9 Å². The van der Waals surface area contributed by atoms with E-state index in [2.05, 4.69) is 21.2 Å². The van der Waals surface area contributed by atoms with Crippen LogP contribution in [0.4, 0.5) is 0 Å². The molecule has 0 unspecified atom stereocenters. The molecule has 0 saturated heterocycles. The fourth-order valence-electron chi connectivity index (χ4n) is 1.24. The molecule has 0 spiro atoms. The molecule has 1 N–H and O–H groups in total. The molecule has 1 atom stereocenters. The molecule has 1 amide bonds. The van der Waals surface area contributed by atoms with Crippen molar-refractivity contribution in [1.29, 1.82) is 0 Å². The summed E-state index contributed by atoms with van der Waals surface area (Å²) in [4.78, 5) is 23.4. The van der Waals surface area contributed by atoms with Gasteiger partial charge in [-0.15, -0.1) is 0 Å². The second-order valence-electron chi connectivity index (χ2n) is 3.70. The number of amides is 1. The predicted molar refractivity (Wildman–Crippen MR) is 68.1 cm³/mol. The number of benzene rings is 1. The summed E-state index contributed by atoms with van der Waals surface area (Å²) in [7, 11) is 1.50. The maximum absolute atomic E-state index is 11.8. The molecule has 0 saturated carbocycles. The van der Waals surface area contributed by atoms with Crippen molar-refractivity contribution in [3.8, 4) is 0 Å². The fraction of sp³-hybridized carbons (Fsp3) is 0.333. The Hall–Kier alpha value is -1.36. The third kappa shape index (κ3) is 3.30. The van der Waals surface area contributed by atoms with Crippen LogP contribution < -0.4 is 5.32 Å². The molecular weight excluding hydrogens is 286 g/mol. The van der Waals surface area contributed by atoms with Crippen molar-refractivity contribution in [3.05, 3.63) is 35.9 Å². The Morgan fingerprint density at radius 1 is 1.35 bits per heavy atom. The van der Waals surface area contributed by atoms with E-state index in [9.17, 15) is 9.59 Å². The lowest BCUT2D eigenvalue weighted by atomic mass is 10.1. The smallest absolute Gasteiger partial charge is 0.339 e. The third-order valence-corrected chi connectivity index (χ3v) is 3.36. The topological polar surface area (TPSA) is 55.4 Å². The summed E-state index contributed by atoms with van der Waals surface area (Å²) in [6, 6.07) is 8.56. The Balaban J connectivity index is 2.83. The summed E-state index contributed by atoms with van der Waals surface area (Å²) in [5.74, 6) is -0.866. The minimum Gasteiger partial charge on any atom is -0.445 e. The zero-order valence-electron chi connectivity index (χ0n) is 9.70. The minimum atomic E-state index is -1.21. The number of alkyl halides is 1. The number of carbonyl (C=O) groups excluding carboxylic acids is 2. The first-order valence-electron chi connectivity index (χ1n) is 5.10. The number of hydrogen-bond donors (Lipinski definition) is 1. The van der Waals surface area contributed by atoms with Gasteiger partial charge in [0.25, 0.3) is 5.91 Å². The van der Waals surface area contributed by atoms with Crippen molar-refractivity contribution in [3.63, 3.8) is 0 Å². The summed E-state index contributed by atoms with van der Waals surface area (Å²) in [5, 5.41) is 2.70. The second-order valence-corrected chi connectivity index (χ2v) is 4.26. The summed E-state index contributed by atoms with van der Waals surface area (Å²) in [6.07, 6.45) is 0. The van der Waals surface area contributed by atoms with E-state index in [0.29, 0.717) is 5.56 Å². The van der Waals surface area contributed by atoms with Crippen LogP contribution in [0.2, 0.25) is 0 Å². The number of hydrogen-bond acceptors (Lipinski definition) is 3. The number of halogens is 1. The highest BCUT2D eigenvalue weighted by molar-refractivity contribution is 9.09. The fourth-order valence-corrected chi connectivity index (χ4v) is 1.61. The van der Waals surface area contributed by atoms with Crippen LogP contribution in [0, 0.1) is 0 Å². The molecule has 17 heavy (non-hydrogen) atoms. The van der Waals surface area contributed by atoms with Crippen molar-refractivity contribution in [1.82, 2.24) is 5.32 Å². The zero-order valence-corrected chi connectivity index (χ0v) is 11.3. The first-order valence-corrected chi connectivity index (χ1v) is 6.22. The van der Waals surface area contributed by atoms with Gasteiger partial charge in [0, 0.05) is 7.05 Å². The van der Waals surface area contributed by atoms with Crippen LogP contribution in [0.15, 0.2) is 30.3 Å². The Bertz CT molecular complexity index is 407. The van der Waals surface area contributed by atoms with Gasteiger partial charge in [0.1, 0.15) is 0 Å². The lowest BCUT2D eigenvalue weighted by molar-refractivity contribution is -0.136. The summed E-state index contributed by atoms with van der Waals surface area (Å²) in [6.45, 7) is 1.56. The van der Waals surface area contributed by atoms with Crippen LogP contribution in [0.5, 0.6) is 0 Å². The zero-order chi connectivity index (χ0) is 12.9. The maximum Gasteiger partial charge on any atom is 0.339 e. The normalized spacial score (nSPS) is 13.6. The largest absolute Gasteiger partial charge is 0.445 e. The number of likely N-dealkylation sites (N-methyl/N-ethyl adjacent to an activating group) is 1. The standard InChI is InChI=1S/C12H14BrNO3/c1-12(8-13,11(16)14-2)17-10(15)9-6-4-3-5-7-9/h3-7H,8H2,1-2H3,(H,14,16)/t12-/m1/s1. The second kappa shape index (κ2) is 5.82. The van der Waals surface area contributed by atoms with Crippen molar-refractivity contribution < 1.29 is 14.3 Å². The first-order chi connectivity index (χ1) is 8.03. The molecule has 0 aliphatic heterocycles. The van der Waals surface area contributed by atoms with E-state index in [-0.39, 0.29) is 11.2 Å². The SMILES string of the molecule is CNC(=O)[C@@](C)(CBr)OC(=O)c1ccccc1. The Morgan fingerprint density at radius 3 is 2.41 bits per heavy atom. The van der Waals surface area contributed by atoms with Crippen LogP contribution in [-0.2, 0) is 9.53 Å². The third-order valence-electron chi connectivity index (χ3n) is 2.29. The molecule has 0 bridgehead atoms. The highest BCUT2D eigenvalue weighted by Gasteiger charge is 2.35. The molecule has 0 aromatic heterocycles. The lowest BCUT2D eigenvalue weighted by Crippen LogP contribution is -2.48. The minimum absolute atomic E-state index is 0.234. The highest BCUT2D eigenvalue weighted by Crippen LogP contribution is 2.17. The van der Waals surface area contributed by atoms with Crippen molar-refractivity contribution in [2.24, 2.45) is 0 Å².